The fraction of sp³-hybridized carbons (Fsp3) is 0.440. The molecule has 0 heterocycles. The average Bonchev–Trinajstić information content (AvgIpc) is 3.34. The van der Waals surface area contributed by atoms with Gasteiger partial charge in [-0.05, 0) is 49.6 Å². The molecule has 2 amide bonds. The predicted octanol–water partition coefficient (Wildman–Crippen LogP) is 3.56. The molecule has 1 fully saturated rings. The van der Waals surface area contributed by atoms with Crippen LogP contribution in [0.2, 0.25) is 0 Å². The van der Waals surface area contributed by atoms with E-state index in [1.54, 1.807) is 38.2 Å². The molecule has 1 aliphatic carbocycles. The Labute approximate surface area is 189 Å². The van der Waals surface area contributed by atoms with Gasteiger partial charge in [-0.1, -0.05) is 37.1 Å². The number of carbonyl (C=O) groups excluding carboxylic acids is 2. The molecule has 7 heteroatoms. The number of nitrogens with zero attached hydrogens (tertiary/aromatic N) is 1. The minimum Gasteiger partial charge on any atom is -0.497 e. The van der Waals surface area contributed by atoms with Gasteiger partial charge in [0.1, 0.15) is 11.8 Å². The van der Waals surface area contributed by atoms with Crippen molar-refractivity contribution in [2.75, 3.05) is 20.8 Å². The molecule has 1 N–H and O–H groups in total. The summed E-state index contributed by atoms with van der Waals surface area (Å²) in [6.07, 6.45) is 4.23. The number of amides is 2. The Bertz CT molecular complexity index is 893. The molecule has 2 aromatic rings. The lowest BCUT2D eigenvalue weighted by Gasteiger charge is -2.29. The van der Waals surface area contributed by atoms with Crippen molar-refractivity contribution in [3.05, 3.63) is 54.1 Å². The van der Waals surface area contributed by atoms with Crippen LogP contribution in [-0.4, -0.2) is 49.6 Å². The molecular formula is C25H32N2O5. The van der Waals surface area contributed by atoms with Gasteiger partial charge in [0.25, 0.3) is 5.91 Å². The van der Waals surface area contributed by atoms with Gasteiger partial charge in [0.15, 0.2) is 18.1 Å². The van der Waals surface area contributed by atoms with Gasteiger partial charge < -0.3 is 24.4 Å². The van der Waals surface area contributed by atoms with Crippen LogP contribution in [0.25, 0.3) is 0 Å². The molecule has 0 aliphatic heterocycles. The summed E-state index contributed by atoms with van der Waals surface area (Å²) in [7, 11) is 3.16. The van der Waals surface area contributed by atoms with Crippen LogP contribution < -0.4 is 19.5 Å². The molecular weight excluding hydrogens is 408 g/mol. The van der Waals surface area contributed by atoms with Gasteiger partial charge in [0, 0.05) is 12.6 Å². The van der Waals surface area contributed by atoms with Crippen molar-refractivity contribution < 1.29 is 23.8 Å². The smallest absolute Gasteiger partial charge is 0.261 e. The molecule has 32 heavy (non-hydrogen) atoms. The van der Waals surface area contributed by atoms with E-state index in [-0.39, 0.29) is 31.0 Å². The third-order valence-electron chi connectivity index (χ3n) is 5.80. The Hall–Kier alpha value is -3.22. The van der Waals surface area contributed by atoms with Crippen LogP contribution in [0, 0.1) is 0 Å². The molecule has 1 aliphatic rings. The van der Waals surface area contributed by atoms with Crippen LogP contribution in [0.15, 0.2) is 48.5 Å². The van der Waals surface area contributed by atoms with Crippen LogP contribution in [-0.2, 0) is 16.1 Å². The van der Waals surface area contributed by atoms with E-state index in [1.165, 1.54) is 0 Å². The lowest BCUT2D eigenvalue weighted by Crippen LogP contribution is -2.50. The summed E-state index contributed by atoms with van der Waals surface area (Å²) in [4.78, 5) is 27.7. The van der Waals surface area contributed by atoms with Crippen molar-refractivity contribution in [2.45, 2.75) is 51.2 Å². The highest BCUT2D eigenvalue weighted by Gasteiger charge is 2.29. The van der Waals surface area contributed by atoms with Crippen molar-refractivity contribution in [2.24, 2.45) is 0 Å². The highest BCUT2D eigenvalue weighted by atomic mass is 16.5. The zero-order valence-corrected chi connectivity index (χ0v) is 19.0. The second-order valence-electron chi connectivity index (χ2n) is 7.98. The number of rotatable bonds is 10. The number of carbonyl (C=O) groups is 2. The van der Waals surface area contributed by atoms with Gasteiger partial charge in [0.05, 0.1) is 14.2 Å². The van der Waals surface area contributed by atoms with Crippen molar-refractivity contribution in [3.63, 3.8) is 0 Å². The summed E-state index contributed by atoms with van der Waals surface area (Å²) in [5.74, 6) is 1.35. The maximum atomic E-state index is 13.2. The van der Waals surface area contributed by atoms with E-state index in [1.807, 2.05) is 36.4 Å². The third kappa shape index (κ3) is 6.15. The minimum absolute atomic E-state index is 0.143. The van der Waals surface area contributed by atoms with Gasteiger partial charge in [-0.3, -0.25) is 9.59 Å². The van der Waals surface area contributed by atoms with Crippen LogP contribution in [0.3, 0.4) is 0 Å². The highest BCUT2D eigenvalue weighted by Crippen LogP contribution is 2.26. The van der Waals surface area contributed by atoms with E-state index < -0.39 is 6.04 Å². The standard InChI is InChI=1S/C25H32N2O5/c1-18(25(29)26-20-8-4-5-9-20)27(16-19-12-14-21(30-2)15-13-19)24(28)17-32-23-11-7-6-10-22(23)31-3/h6-7,10-15,18,20H,4-5,8-9,16-17H2,1-3H3,(H,26,29)/t18-/m0/s1. The molecule has 3 rings (SSSR count). The minimum atomic E-state index is -0.633. The summed E-state index contributed by atoms with van der Waals surface area (Å²) >= 11 is 0. The van der Waals surface area contributed by atoms with Crippen LogP contribution in [0.5, 0.6) is 17.2 Å². The van der Waals surface area contributed by atoms with Crippen molar-refractivity contribution >= 4 is 11.8 Å². The molecule has 0 spiro atoms. The molecule has 0 unspecified atom stereocenters. The number of hydrogen-bond donors (Lipinski definition) is 1. The highest BCUT2D eigenvalue weighted by molar-refractivity contribution is 5.88. The lowest BCUT2D eigenvalue weighted by atomic mass is 10.1. The van der Waals surface area contributed by atoms with Crippen LogP contribution in [0.4, 0.5) is 0 Å². The zero-order valence-electron chi connectivity index (χ0n) is 19.0. The van der Waals surface area contributed by atoms with Gasteiger partial charge in [-0.15, -0.1) is 0 Å². The second kappa shape index (κ2) is 11.4. The third-order valence-corrected chi connectivity index (χ3v) is 5.80. The van der Waals surface area contributed by atoms with E-state index in [2.05, 4.69) is 5.32 Å². The summed E-state index contributed by atoms with van der Waals surface area (Å²) in [6.45, 7) is 1.85. The Kier molecular flexibility index (Phi) is 8.36. The molecule has 1 saturated carbocycles. The first kappa shape index (κ1) is 23.4. The molecule has 0 aromatic heterocycles. The molecule has 1 atom stereocenters. The number of para-hydroxylation sites is 2. The van der Waals surface area contributed by atoms with E-state index in [0.717, 1.165) is 37.0 Å². The van der Waals surface area contributed by atoms with Crippen molar-refractivity contribution in [1.82, 2.24) is 10.2 Å². The topological polar surface area (TPSA) is 77.1 Å². The largest absolute Gasteiger partial charge is 0.497 e. The fourth-order valence-corrected chi connectivity index (χ4v) is 3.86. The number of ether oxygens (including phenoxy) is 3. The molecule has 0 bridgehead atoms. The van der Waals surface area contributed by atoms with Gasteiger partial charge in [-0.25, -0.2) is 0 Å². The van der Waals surface area contributed by atoms with Crippen molar-refractivity contribution in [3.8, 4) is 17.2 Å². The Morgan fingerprint density at radius 2 is 1.66 bits per heavy atom. The molecule has 172 valence electrons. The number of methoxy groups -OCH3 is 2. The lowest BCUT2D eigenvalue weighted by molar-refractivity contribution is -0.142. The van der Waals surface area contributed by atoms with Gasteiger partial charge >= 0.3 is 0 Å². The van der Waals surface area contributed by atoms with E-state index >= 15 is 0 Å². The maximum absolute atomic E-state index is 13.2. The molecule has 0 saturated heterocycles. The number of hydrogen-bond acceptors (Lipinski definition) is 5. The second-order valence-corrected chi connectivity index (χ2v) is 7.98. The van der Waals surface area contributed by atoms with Crippen LogP contribution in [0.1, 0.15) is 38.2 Å². The molecule has 2 aromatic carbocycles. The number of nitrogens with one attached hydrogen (secondary N) is 1. The maximum Gasteiger partial charge on any atom is 0.261 e. The average molecular weight is 441 g/mol. The summed E-state index contributed by atoms with van der Waals surface area (Å²) in [6, 6.07) is 14.2. The first-order valence-electron chi connectivity index (χ1n) is 11.0. The van der Waals surface area contributed by atoms with Crippen molar-refractivity contribution in [1.29, 1.82) is 0 Å². The summed E-state index contributed by atoms with van der Waals surface area (Å²) in [5.41, 5.74) is 0.900. The molecule has 7 nitrogen and oxygen atoms in total. The monoisotopic (exact) mass is 440 g/mol. The number of benzene rings is 2. The quantitative estimate of drug-likeness (QED) is 0.611. The first-order valence-corrected chi connectivity index (χ1v) is 11.0. The Morgan fingerprint density at radius 1 is 1.00 bits per heavy atom. The Morgan fingerprint density at radius 3 is 2.28 bits per heavy atom. The van der Waals surface area contributed by atoms with E-state index in [4.69, 9.17) is 14.2 Å². The fourth-order valence-electron chi connectivity index (χ4n) is 3.86. The molecule has 0 radical (unpaired) electrons. The van der Waals surface area contributed by atoms with Gasteiger partial charge in [-0.2, -0.15) is 0 Å². The summed E-state index contributed by atoms with van der Waals surface area (Å²) in [5, 5.41) is 3.10. The zero-order chi connectivity index (χ0) is 22.9. The van der Waals surface area contributed by atoms with E-state index in [9.17, 15) is 9.59 Å². The van der Waals surface area contributed by atoms with E-state index in [0.29, 0.717) is 11.5 Å². The normalized spacial score (nSPS) is 14.5. The Balaban J connectivity index is 1.72. The predicted molar refractivity (Wildman–Crippen MR) is 122 cm³/mol. The first-order chi connectivity index (χ1) is 15.5. The van der Waals surface area contributed by atoms with Crippen LogP contribution >= 0.6 is 0 Å². The van der Waals surface area contributed by atoms with Gasteiger partial charge in [0.2, 0.25) is 5.91 Å². The summed E-state index contributed by atoms with van der Waals surface area (Å²) < 4.78 is 16.2. The SMILES string of the molecule is COc1ccc(CN(C(=O)COc2ccccc2OC)[C@@H](C)C(=O)NC2CCCC2)cc1.